The van der Waals surface area contributed by atoms with Crippen LogP contribution in [-0.2, 0) is 4.74 Å². The smallest absolute Gasteiger partial charge is 0.273 e. The molecule has 0 bridgehead atoms. The van der Waals surface area contributed by atoms with Crippen LogP contribution in [0.25, 0.3) is 10.6 Å². The molecule has 1 aliphatic rings. The Balaban J connectivity index is 1.77. The molecule has 3 rings (SSSR count). The predicted molar refractivity (Wildman–Crippen MR) is 97.5 cm³/mol. The van der Waals surface area contributed by atoms with Crippen molar-refractivity contribution in [3.63, 3.8) is 0 Å². The van der Waals surface area contributed by atoms with Crippen molar-refractivity contribution in [2.75, 3.05) is 26.3 Å². The highest BCUT2D eigenvalue weighted by Crippen LogP contribution is 2.28. The molecule has 4 nitrogen and oxygen atoms in total. The van der Waals surface area contributed by atoms with Gasteiger partial charge in [0, 0.05) is 36.6 Å². The number of benzene rings is 1. The van der Waals surface area contributed by atoms with Crippen molar-refractivity contribution in [2.24, 2.45) is 5.92 Å². The minimum absolute atomic E-state index is 0.0247. The fourth-order valence-corrected chi connectivity index (χ4v) is 3.99. The molecule has 0 aliphatic carbocycles. The summed E-state index contributed by atoms with van der Waals surface area (Å²) in [6, 6.07) is 6.32. The Bertz CT molecular complexity index is 720. The first-order chi connectivity index (χ1) is 11.6. The molecule has 24 heavy (non-hydrogen) atoms. The van der Waals surface area contributed by atoms with Crippen LogP contribution in [-0.4, -0.2) is 42.1 Å². The first-order valence-corrected chi connectivity index (χ1v) is 9.36. The van der Waals surface area contributed by atoms with Crippen molar-refractivity contribution < 1.29 is 9.53 Å². The molecular weight excluding hydrogens is 320 g/mol. The number of carbonyl (C=O) groups is 1. The van der Waals surface area contributed by atoms with Crippen molar-refractivity contribution in [3.05, 3.63) is 40.4 Å². The Morgan fingerprint density at radius 1 is 1.42 bits per heavy atom. The second-order valence-electron chi connectivity index (χ2n) is 6.43. The summed E-state index contributed by atoms with van der Waals surface area (Å²) in [5.41, 5.74) is 4.09. The van der Waals surface area contributed by atoms with E-state index in [9.17, 15) is 4.79 Å². The Hall–Kier alpha value is -1.72. The second kappa shape index (κ2) is 7.45. The largest absolute Gasteiger partial charge is 0.381 e. The third kappa shape index (κ3) is 3.68. The van der Waals surface area contributed by atoms with Gasteiger partial charge < -0.3 is 9.64 Å². The van der Waals surface area contributed by atoms with Crippen LogP contribution in [0.2, 0.25) is 0 Å². The monoisotopic (exact) mass is 344 g/mol. The molecule has 0 unspecified atom stereocenters. The van der Waals surface area contributed by atoms with Crippen LogP contribution in [0.5, 0.6) is 0 Å². The molecule has 5 heteroatoms. The molecule has 2 heterocycles. The minimum atomic E-state index is 0.0247. The van der Waals surface area contributed by atoms with Crippen LogP contribution >= 0.6 is 11.3 Å². The summed E-state index contributed by atoms with van der Waals surface area (Å²) >= 11 is 1.54. The highest BCUT2D eigenvalue weighted by molar-refractivity contribution is 7.13. The maximum absolute atomic E-state index is 12.8. The minimum Gasteiger partial charge on any atom is -0.381 e. The lowest BCUT2D eigenvalue weighted by molar-refractivity contribution is 0.0726. The third-order valence-corrected chi connectivity index (χ3v) is 5.38. The number of hydrogen-bond acceptors (Lipinski definition) is 4. The van der Waals surface area contributed by atoms with Gasteiger partial charge in [-0.05, 0) is 32.8 Å². The van der Waals surface area contributed by atoms with Crippen molar-refractivity contribution in [3.8, 4) is 10.6 Å². The molecule has 0 spiro atoms. The quantitative estimate of drug-likeness (QED) is 0.825. The van der Waals surface area contributed by atoms with Crippen LogP contribution in [0.15, 0.2) is 23.6 Å². The molecule has 128 valence electrons. The molecule has 0 N–H and O–H groups in total. The number of ether oxygens (including phenoxy) is 1. The number of rotatable bonds is 5. The number of amides is 1. The number of hydrogen-bond donors (Lipinski definition) is 0. The van der Waals surface area contributed by atoms with E-state index in [4.69, 9.17) is 4.74 Å². The number of nitrogens with zero attached hydrogens (tertiary/aromatic N) is 2. The van der Waals surface area contributed by atoms with E-state index in [0.717, 1.165) is 36.8 Å². The maximum atomic E-state index is 12.8. The number of aromatic nitrogens is 1. The lowest BCUT2D eigenvalue weighted by Gasteiger charge is -2.22. The van der Waals surface area contributed by atoms with Gasteiger partial charge in [0.25, 0.3) is 5.91 Å². The molecule has 1 aliphatic heterocycles. The van der Waals surface area contributed by atoms with Crippen LogP contribution in [0.3, 0.4) is 0 Å². The van der Waals surface area contributed by atoms with Gasteiger partial charge in [0.05, 0.1) is 6.61 Å². The number of carbonyl (C=O) groups excluding carboxylic acids is 1. The van der Waals surface area contributed by atoms with E-state index < -0.39 is 0 Å². The first-order valence-electron chi connectivity index (χ1n) is 8.48. The van der Waals surface area contributed by atoms with Gasteiger partial charge in [-0.15, -0.1) is 11.3 Å². The lowest BCUT2D eigenvalue weighted by atomic mass is 10.1. The van der Waals surface area contributed by atoms with Gasteiger partial charge in [-0.25, -0.2) is 4.98 Å². The Morgan fingerprint density at radius 2 is 2.25 bits per heavy atom. The molecule has 1 atom stereocenters. The average molecular weight is 344 g/mol. The van der Waals surface area contributed by atoms with Crippen LogP contribution < -0.4 is 0 Å². The van der Waals surface area contributed by atoms with Gasteiger partial charge in [0.1, 0.15) is 10.7 Å². The molecule has 1 aromatic heterocycles. The average Bonchev–Trinajstić information content (AvgIpc) is 3.23. The van der Waals surface area contributed by atoms with Crippen molar-refractivity contribution in [1.29, 1.82) is 0 Å². The summed E-state index contributed by atoms with van der Waals surface area (Å²) in [7, 11) is 0. The van der Waals surface area contributed by atoms with E-state index in [1.165, 1.54) is 22.5 Å². The molecule has 2 aromatic rings. The standard InChI is InChI=1S/C19H24N2O2S/c1-4-21(10-15-7-8-23-11-15)19(22)17-12-24-18(20-17)16-6-5-13(2)9-14(16)3/h5-6,9,12,15H,4,7-8,10-11H2,1-3H3/t15-/m0/s1. The van der Waals surface area contributed by atoms with Crippen LogP contribution in [0.1, 0.15) is 35.0 Å². The van der Waals surface area contributed by atoms with Gasteiger partial charge in [-0.2, -0.15) is 0 Å². The van der Waals surface area contributed by atoms with Crippen molar-refractivity contribution in [2.45, 2.75) is 27.2 Å². The number of thiazole rings is 1. The van der Waals surface area contributed by atoms with E-state index in [1.807, 2.05) is 17.2 Å². The Kier molecular flexibility index (Phi) is 5.31. The van der Waals surface area contributed by atoms with E-state index in [0.29, 0.717) is 18.2 Å². The molecular formula is C19H24N2O2S. The summed E-state index contributed by atoms with van der Waals surface area (Å²) < 4.78 is 5.42. The zero-order valence-corrected chi connectivity index (χ0v) is 15.4. The Morgan fingerprint density at radius 3 is 2.92 bits per heavy atom. The van der Waals surface area contributed by atoms with Gasteiger partial charge in [-0.1, -0.05) is 23.8 Å². The molecule has 1 saturated heterocycles. The van der Waals surface area contributed by atoms with Crippen molar-refractivity contribution >= 4 is 17.2 Å². The summed E-state index contributed by atoms with van der Waals surface area (Å²) in [4.78, 5) is 19.3. The van der Waals surface area contributed by atoms with Gasteiger partial charge >= 0.3 is 0 Å². The van der Waals surface area contributed by atoms with E-state index in [1.54, 1.807) is 0 Å². The second-order valence-corrected chi connectivity index (χ2v) is 7.29. The zero-order valence-electron chi connectivity index (χ0n) is 14.5. The highest BCUT2D eigenvalue weighted by atomic mass is 32.1. The van der Waals surface area contributed by atoms with Crippen LogP contribution in [0, 0.1) is 19.8 Å². The SMILES string of the molecule is CCN(C[C@@H]1CCOC1)C(=O)c1csc(-c2ccc(C)cc2C)n1. The molecule has 1 amide bonds. The van der Waals surface area contributed by atoms with E-state index in [2.05, 4.69) is 37.0 Å². The summed E-state index contributed by atoms with van der Waals surface area (Å²) in [5, 5.41) is 2.79. The van der Waals surface area contributed by atoms with E-state index >= 15 is 0 Å². The zero-order chi connectivity index (χ0) is 17.1. The highest BCUT2D eigenvalue weighted by Gasteiger charge is 2.24. The van der Waals surface area contributed by atoms with Gasteiger partial charge in [-0.3, -0.25) is 4.79 Å². The maximum Gasteiger partial charge on any atom is 0.273 e. The molecule has 0 radical (unpaired) electrons. The first kappa shape index (κ1) is 17.1. The summed E-state index contributed by atoms with van der Waals surface area (Å²) in [6.45, 7) is 9.21. The van der Waals surface area contributed by atoms with Gasteiger partial charge in [0.15, 0.2) is 0 Å². The molecule has 0 saturated carbocycles. The fourth-order valence-electron chi connectivity index (χ4n) is 3.11. The lowest BCUT2D eigenvalue weighted by Crippen LogP contribution is -2.35. The van der Waals surface area contributed by atoms with Crippen LogP contribution in [0.4, 0.5) is 0 Å². The summed E-state index contributed by atoms with van der Waals surface area (Å²) in [5.74, 6) is 0.475. The van der Waals surface area contributed by atoms with E-state index in [-0.39, 0.29) is 5.91 Å². The topological polar surface area (TPSA) is 42.4 Å². The normalized spacial score (nSPS) is 17.2. The van der Waals surface area contributed by atoms with Crippen molar-refractivity contribution in [1.82, 2.24) is 9.88 Å². The third-order valence-electron chi connectivity index (χ3n) is 4.51. The van der Waals surface area contributed by atoms with Gasteiger partial charge in [0.2, 0.25) is 0 Å². The predicted octanol–water partition coefficient (Wildman–Crippen LogP) is 3.93. The fraction of sp³-hybridized carbons (Fsp3) is 0.474. The Labute approximate surface area is 147 Å². The molecule has 1 aromatic carbocycles. The summed E-state index contributed by atoms with van der Waals surface area (Å²) in [6.07, 6.45) is 1.04. The molecule has 1 fully saturated rings. The number of aryl methyl sites for hydroxylation is 2.